The van der Waals surface area contributed by atoms with Crippen LogP contribution in [0.1, 0.15) is 48.2 Å². The highest BCUT2D eigenvalue weighted by Gasteiger charge is 2.27. The predicted molar refractivity (Wildman–Crippen MR) is 141 cm³/mol. The molecule has 2 heterocycles. The van der Waals surface area contributed by atoms with Gasteiger partial charge in [0.05, 0.1) is 36.4 Å². The molecule has 0 bridgehead atoms. The fourth-order valence-corrected chi connectivity index (χ4v) is 4.63. The van der Waals surface area contributed by atoms with Crippen molar-refractivity contribution in [1.29, 1.82) is 0 Å². The standard InChI is InChI=1S/C27H31FN6O4/c1-3-20(23(29)16-33(2)30)26-22(27(35)32-36)15-31-34(26)18-7-4-6-17(14-18)21-8-5-9-24(25(21)28)38-19-10-12-37-13-11-19/h4-9,14-16,19-20H,3,10-13,29-30H2,1-2H3/b23-16-. The zero-order valence-corrected chi connectivity index (χ0v) is 21.3. The van der Waals surface area contributed by atoms with Crippen LogP contribution in [0.25, 0.3) is 16.8 Å². The van der Waals surface area contributed by atoms with E-state index in [1.54, 1.807) is 49.5 Å². The first-order valence-corrected chi connectivity index (χ1v) is 12.4. The molecule has 1 atom stereocenters. The van der Waals surface area contributed by atoms with Gasteiger partial charge < -0.3 is 20.2 Å². The number of rotatable bonds is 9. The molecule has 0 spiro atoms. The minimum Gasteiger partial charge on any atom is -0.487 e. The molecule has 200 valence electrons. The summed E-state index contributed by atoms with van der Waals surface area (Å²) < 4.78 is 28.4. The Labute approximate surface area is 219 Å². The van der Waals surface area contributed by atoms with E-state index in [9.17, 15) is 9.70 Å². The molecule has 1 amide bonds. The summed E-state index contributed by atoms with van der Waals surface area (Å²) in [5, 5.41) is 8.27. The molecule has 38 heavy (non-hydrogen) atoms. The number of halogens is 1. The van der Waals surface area contributed by atoms with Crippen molar-refractivity contribution in [1.82, 2.24) is 14.8 Å². The second-order valence-corrected chi connectivity index (χ2v) is 9.10. The second kappa shape index (κ2) is 12.0. The summed E-state index contributed by atoms with van der Waals surface area (Å²) in [5.41, 5.74) is 8.60. The Morgan fingerprint density at radius 2 is 2.05 bits per heavy atom. The van der Waals surface area contributed by atoms with Gasteiger partial charge in [-0.25, -0.2) is 14.9 Å². The molecular formula is C27H31FN6O4. The Morgan fingerprint density at radius 3 is 2.74 bits per heavy atom. The number of amides is 1. The van der Waals surface area contributed by atoms with E-state index >= 15 is 4.39 Å². The number of allylic oxidation sites excluding steroid dienone is 1. The average molecular weight is 523 g/mol. The lowest BCUT2D eigenvalue weighted by molar-refractivity contribution is 0.0241. The van der Waals surface area contributed by atoms with Crippen LogP contribution in [0.4, 0.5) is 4.39 Å². The maximum atomic E-state index is 15.6. The molecule has 4 N–H and O–H groups in total. The Kier molecular flexibility index (Phi) is 8.49. The number of ether oxygens (including phenoxy) is 2. The van der Waals surface area contributed by atoms with Crippen LogP contribution in [0.2, 0.25) is 0 Å². The largest absolute Gasteiger partial charge is 0.487 e. The Hall–Kier alpha value is -4.09. The van der Waals surface area contributed by atoms with E-state index < -0.39 is 17.6 Å². The van der Waals surface area contributed by atoms with E-state index in [1.165, 1.54) is 22.1 Å². The lowest BCUT2D eigenvalue weighted by Gasteiger charge is -2.24. The van der Waals surface area contributed by atoms with Gasteiger partial charge in [0.25, 0.3) is 0 Å². The van der Waals surface area contributed by atoms with Crippen molar-refractivity contribution in [3.05, 3.63) is 82.5 Å². The van der Waals surface area contributed by atoms with Gasteiger partial charge in [-0.2, -0.15) is 5.10 Å². The molecular weight excluding hydrogens is 491 g/mol. The Balaban J connectivity index is 1.76. The Morgan fingerprint density at radius 1 is 1.32 bits per heavy atom. The van der Waals surface area contributed by atoms with Crippen LogP contribution in [0.5, 0.6) is 5.75 Å². The minimum absolute atomic E-state index is 0.0336. The van der Waals surface area contributed by atoms with Gasteiger partial charge in [0, 0.05) is 48.4 Å². The lowest BCUT2D eigenvalue weighted by atomic mass is 9.95. The lowest BCUT2D eigenvalue weighted by Crippen LogP contribution is -2.26. The predicted octanol–water partition coefficient (Wildman–Crippen LogP) is 4.24. The van der Waals surface area contributed by atoms with E-state index in [2.05, 4.69) is 10.3 Å². The number of nitrogens with zero attached hydrogens (tertiary/aromatic N) is 4. The first-order chi connectivity index (χ1) is 18.3. The Bertz CT molecular complexity index is 1330. The normalized spacial score (nSPS) is 15.2. The highest BCUT2D eigenvalue weighted by molar-refractivity contribution is 5.96. The molecule has 3 aromatic rings. The van der Waals surface area contributed by atoms with E-state index in [4.69, 9.17) is 21.1 Å². The topological polar surface area (TPSA) is 138 Å². The summed E-state index contributed by atoms with van der Waals surface area (Å²) in [6, 6.07) is 12.1. The molecule has 1 aliphatic rings. The maximum absolute atomic E-state index is 15.6. The molecule has 0 saturated carbocycles. The van der Waals surface area contributed by atoms with Crippen molar-refractivity contribution in [3.8, 4) is 22.6 Å². The number of nitrogens with two attached hydrogens (primary N) is 2. The third-order valence-electron chi connectivity index (χ3n) is 6.44. The molecule has 1 unspecified atom stereocenters. The molecule has 10 nitrogen and oxygen atoms in total. The van der Waals surface area contributed by atoms with E-state index in [0.717, 1.165) is 0 Å². The monoisotopic (exact) mass is 522 g/mol. The van der Waals surface area contributed by atoms with Crippen LogP contribution in [0.3, 0.4) is 0 Å². The SMILES string of the molecule is CCC(/C(N)=C/N(C)N)c1c(C(=O)N=O)cnn1-c1cccc(-c2cccc(OC3CCOCC3)c2F)c1. The van der Waals surface area contributed by atoms with Gasteiger partial charge in [0.15, 0.2) is 11.6 Å². The number of aromatic nitrogens is 2. The van der Waals surface area contributed by atoms with E-state index in [1.807, 2.05) is 6.92 Å². The number of carbonyl (C=O) groups excluding carboxylic acids is 1. The number of nitroso groups, excluding NO2 is 1. The highest BCUT2D eigenvalue weighted by Crippen LogP contribution is 2.34. The number of hydrogen-bond acceptors (Lipinski definition) is 8. The van der Waals surface area contributed by atoms with Crippen LogP contribution in [0, 0.1) is 10.7 Å². The first kappa shape index (κ1) is 27.0. The first-order valence-electron chi connectivity index (χ1n) is 12.4. The number of hydrogen-bond donors (Lipinski definition) is 2. The van der Waals surface area contributed by atoms with Crippen LogP contribution in [-0.2, 0) is 4.74 Å². The van der Waals surface area contributed by atoms with Gasteiger partial charge in [-0.3, -0.25) is 4.79 Å². The summed E-state index contributed by atoms with van der Waals surface area (Å²) in [6.45, 7) is 3.06. The van der Waals surface area contributed by atoms with Crippen molar-refractivity contribution in [2.75, 3.05) is 20.3 Å². The molecule has 0 radical (unpaired) electrons. The molecule has 2 aromatic carbocycles. The summed E-state index contributed by atoms with van der Waals surface area (Å²) in [4.78, 5) is 23.5. The number of carbonyl (C=O) groups is 1. The van der Waals surface area contributed by atoms with Crippen LogP contribution in [0.15, 0.2) is 65.7 Å². The van der Waals surface area contributed by atoms with Crippen molar-refractivity contribution in [2.24, 2.45) is 16.8 Å². The summed E-state index contributed by atoms with van der Waals surface area (Å²) >= 11 is 0. The summed E-state index contributed by atoms with van der Waals surface area (Å²) in [5.74, 6) is 4.00. The van der Waals surface area contributed by atoms with Gasteiger partial charge in [0.2, 0.25) is 0 Å². The second-order valence-electron chi connectivity index (χ2n) is 9.10. The zero-order valence-electron chi connectivity index (χ0n) is 21.3. The van der Waals surface area contributed by atoms with Crippen molar-refractivity contribution in [2.45, 2.75) is 38.2 Å². The summed E-state index contributed by atoms with van der Waals surface area (Å²) in [7, 11) is 1.62. The van der Waals surface area contributed by atoms with Gasteiger partial charge in [-0.1, -0.05) is 31.2 Å². The van der Waals surface area contributed by atoms with Crippen molar-refractivity contribution in [3.63, 3.8) is 0 Å². The maximum Gasteiger partial charge on any atom is 0.320 e. The fraction of sp³-hybridized carbons (Fsp3) is 0.333. The van der Waals surface area contributed by atoms with Crippen molar-refractivity contribution >= 4 is 5.91 Å². The van der Waals surface area contributed by atoms with Crippen LogP contribution in [-0.4, -0.2) is 47.1 Å². The third kappa shape index (κ3) is 5.74. The number of hydrazine groups is 1. The summed E-state index contributed by atoms with van der Waals surface area (Å²) in [6.07, 6.45) is 4.61. The molecule has 11 heteroatoms. The molecule has 1 aliphatic heterocycles. The van der Waals surface area contributed by atoms with E-state index in [0.29, 0.717) is 60.7 Å². The van der Waals surface area contributed by atoms with Crippen LogP contribution < -0.4 is 16.3 Å². The zero-order chi connectivity index (χ0) is 27.2. The van der Waals surface area contributed by atoms with Gasteiger partial charge in [0.1, 0.15) is 6.10 Å². The smallest absolute Gasteiger partial charge is 0.320 e. The number of benzene rings is 2. The molecule has 0 aliphatic carbocycles. The van der Waals surface area contributed by atoms with Crippen molar-refractivity contribution < 1.29 is 18.7 Å². The van der Waals surface area contributed by atoms with Gasteiger partial charge in [-0.15, -0.1) is 4.91 Å². The van der Waals surface area contributed by atoms with Crippen LogP contribution >= 0.6 is 0 Å². The highest BCUT2D eigenvalue weighted by atomic mass is 19.1. The molecule has 1 saturated heterocycles. The molecule has 1 aromatic heterocycles. The van der Waals surface area contributed by atoms with E-state index in [-0.39, 0.29) is 17.4 Å². The minimum atomic E-state index is -0.959. The van der Waals surface area contributed by atoms with Gasteiger partial charge >= 0.3 is 5.91 Å². The fourth-order valence-electron chi connectivity index (χ4n) is 4.63. The average Bonchev–Trinajstić information content (AvgIpc) is 3.35. The quantitative estimate of drug-likeness (QED) is 0.242. The molecule has 1 fully saturated rings. The van der Waals surface area contributed by atoms with Gasteiger partial charge in [-0.05, 0) is 30.2 Å². The third-order valence-corrected chi connectivity index (χ3v) is 6.44. The molecule has 4 rings (SSSR count).